The van der Waals surface area contributed by atoms with Crippen LogP contribution in [0.3, 0.4) is 0 Å². The molecule has 28 heavy (non-hydrogen) atoms. The molecule has 0 unspecified atom stereocenters. The summed E-state index contributed by atoms with van der Waals surface area (Å²) in [6.45, 7) is 8.05. The van der Waals surface area contributed by atoms with Crippen LogP contribution >= 0.6 is 0 Å². The number of benzene rings is 1. The van der Waals surface area contributed by atoms with Gasteiger partial charge in [-0.2, -0.15) is 0 Å². The number of hydrogen-bond donors (Lipinski definition) is 0. The molecule has 3 rings (SSSR count). The van der Waals surface area contributed by atoms with E-state index in [0.717, 1.165) is 11.1 Å². The summed E-state index contributed by atoms with van der Waals surface area (Å²) in [5, 5.41) is 0. The average Bonchev–Trinajstić information content (AvgIpc) is 2.67. The van der Waals surface area contributed by atoms with Gasteiger partial charge < -0.3 is 14.5 Å². The monoisotopic (exact) mass is 384 g/mol. The van der Waals surface area contributed by atoms with E-state index in [4.69, 9.17) is 4.74 Å². The Morgan fingerprint density at radius 2 is 1.57 bits per heavy atom. The van der Waals surface area contributed by atoms with Gasteiger partial charge >= 0.3 is 6.09 Å². The van der Waals surface area contributed by atoms with Gasteiger partial charge in [0, 0.05) is 44.1 Å². The molecule has 6 nitrogen and oxygen atoms in total. The minimum Gasteiger partial charge on any atom is -0.444 e. The summed E-state index contributed by atoms with van der Waals surface area (Å²) in [5.74, 6) is 0.388. The lowest BCUT2D eigenvalue weighted by Crippen LogP contribution is -2.50. The average molecular weight is 384 g/mol. The zero-order valence-electron chi connectivity index (χ0n) is 16.4. The van der Waals surface area contributed by atoms with Crippen LogP contribution in [0.2, 0.25) is 0 Å². The van der Waals surface area contributed by atoms with Gasteiger partial charge in [-0.25, -0.2) is 19.2 Å². The van der Waals surface area contributed by atoms with E-state index in [9.17, 15) is 9.18 Å². The van der Waals surface area contributed by atoms with Crippen LogP contribution in [0, 0.1) is 5.82 Å². The number of aromatic nitrogens is 2. The number of piperazine rings is 1. The maximum Gasteiger partial charge on any atom is 0.410 e. The molecule has 1 fully saturated rings. The van der Waals surface area contributed by atoms with Gasteiger partial charge in [-0.15, -0.1) is 0 Å². The van der Waals surface area contributed by atoms with Crippen LogP contribution in [0.1, 0.15) is 31.9 Å². The van der Waals surface area contributed by atoms with Crippen LogP contribution in [-0.2, 0) is 4.74 Å². The third-order valence-electron chi connectivity index (χ3n) is 4.21. The lowest BCUT2D eigenvalue weighted by Gasteiger charge is -2.35. The van der Waals surface area contributed by atoms with E-state index in [1.807, 2.05) is 37.8 Å². The molecule has 1 saturated heterocycles. The first-order chi connectivity index (χ1) is 13.3. The highest BCUT2D eigenvalue weighted by atomic mass is 19.1. The highest BCUT2D eigenvalue weighted by molar-refractivity contribution is 5.69. The van der Waals surface area contributed by atoms with Crippen molar-refractivity contribution < 1.29 is 13.9 Å². The second kappa shape index (κ2) is 8.37. The lowest BCUT2D eigenvalue weighted by molar-refractivity contribution is 0.0240. The van der Waals surface area contributed by atoms with Crippen molar-refractivity contribution in [3.63, 3.8) is 0 Å². The number of carbonyl (C=O) groups excluding carboxylic acids is 1. The Morgan fingerprint density at radius 3 is 2.14 bits per heavy atom. The first-order valence-corrected chi connectivity index (χ1v) is 9.29. The van der Waals surface area contributed by atoms with Crippen molar-refractivity contribution in [2.45, 2.75) is 26.4 Å². The molecule has 0 aliphatic carbocycles. The maximum atomic E-state index is 12.9. The molecule has 1 aromatic carbocycles. The van der Waals surface area contributed by atoms with Gasteiger partial charge in [-0.1, -0.05) is 24.3 Å². The fourth-order valence-corrected chi connectivity index (χ4v) is 2.76. The molecule has 1 amide bonds. The summed E-state index contributed by atoms with van der Waals surface area (Å²) >= 11 is 0. The van der Waals surface area contributed by atoms with E-state index < -0.39 is 5.60 Å². The zero-order valence-corrected chi connectivity index (χ0v) is 16.4. The topological polar surface area (TPSA) is 58.6 Å². The van der Waals surface area contributed by atoms with Crippen molar-refractivity contribution >= 4 is 24.2 Å². The Balaban J connectivity index is 1.54. The third kappa shape index (κ3) is 5.52. The summed E-state index contributed by atoms with van der Waals surface area (Å²) in [7, 11) is 0. The highest BCUT2D eigenvalue weighted by Crippen LogP contribution is 2.15. The van der Waals surface area contributed by atoms with Gasteiger partial charge in [-0.3, -0.25) is 0 Å². The fourth-order valence-electron chi connectivity index (χ4n) is 2.76. The molecule has 2 aromatic rings. The molecule has 148 valence electrons. The van der Waals surface area contributed by atoms with Gasteiger partial charge in [0.05, 0.1) is 0 Å². The number of nitrogens with zero attached hydrogens (tertiary/aromatic N) is 4. The molecule has 0 saturated carbocycles. The molecule has 2 heterocycles. The van der Waals surface area contributed by atoms with Crippen molar-refractivity contribution in [2.24, 2.45) is 0 Å². The van der Waals surface area contributed by atoms with Gasteiger partial charge in [0.15, 0.2) is 0 Å². The minimum absolute atomic E-state index is 0.253. The molecule has 0 radical (unpaired) electrons. The molecular weight excluding hydrogens is 359 g/mol. The predicted molar refractivity (Wildman–Crippen MR) is 107 cm³/mol. The minimum atomic E-state index is -0.491. The Labute approximate surface area is 164 Å². The second-order valence-corrected chi connectivity index (χ2v) is 7.66. The number of rotatable bonds is 3. The Kier molecular flexibility index (Phi) is 5.92. The van der Waals surface area contributed by atoms with E-state index in [-0.39, 0.29) is 11.9 Å². The number of carbonyl (C=O) groups is 1. The molecule has 1 aromatic heterocycles. The quantitative estimate of drug-likeness (QED) is 0.805. The van der Waals surface area contributed by atoms with Crippen molar-refractivity contribution in [1.82, 2.24) is 14.9 Å². The van der Waals surface area contributed by atoms with E-state index in [1.54, 1.807) is 29.4 Å². The van der Waals surface area contributed by atoms with E-state index >= 15 is 0 Å². The fraction of sp³-hybridized carbons (Fsp3) is 0.381. The van der Waals surface area contributed by atoms with Gasteiger partial charge in [0.25, 0.3) is 0 Å². The molecule has 0 atom stereocenters. The summed E-state index contributed by atoms with van der Waals surface area (Å²) in [4.78, 5) is 24.7. The van der Waals surface area contributed by atoms with E-state index in [2.05, 4.69) is 9.97 Å². The molecule has 0 N–H and O–H groups in total. The molecule has 0 bridgehead atoms. The number of anilines is 1. The zero-order chi connectivity index (χ0) is 20.1. The standard InChI is InChI=1S/C21H25FN4O2/c1-21(2,3)28-20(27)26-12-10-25(11-13-26)19-23-14-17(15-24-19)5-4-16-6-8-18(22)9-7-16/h4-9,14-15H,10-13H2,1-3H3. The maximum absolute atomic E-state index is 12.9. The van der Waals surface area contributed by atoms with Crippen molar-refractivity contribution in [3.05, 3.63) is 53.6 Å². The highest BCUT2D eigenvalue weighted by Gasteiger charge is 2.26. The second-order valence-electron chi connectivity index (χ2n) is 7.66. The van der Waals surface area contributed by atoms with Crippen LogP contribution in [-0.4, -0.2) is 52.7 Å². The number of halogens is 1. The van der Waals surface area contributed by atoms with Crippen LogP contribution in [0.5, 0.6) is 0 Å². The Bertz CT molecular complexity index is 821. The number of ether oxygens (including phenoxy) is 1. The summed E-state index contributed by atoms with van der Waals surface area (Å²) < 4.78 is 18.3. The largest absolute Gasteiger partial charge is 0.444 e. The Morgan fingerprint density at radius 1 is 1.00 bits per heavy atom. The number of hydrogen-bond acceptors (Lipinski definition) is 5. The van der Waals surface area contributed by atoms with Crippen molar-refractivity contribution in [2.75, 3.05) is 31.1 Å². The van der Waals surface area contributed by atoms with Crippen LogP contribution < -0.4 is 4.90 Å². The smallest absolute Gasteiger partial charge is 0.410 e. The van der Waals surface area contributed by atoms with Crippen molar-refractivity contribution in [1.29, 1.82) is 0 Å². The van der Waals surface area contributed by atoms with E-state index in [1.165, 1.54) is 12.1 Å². The van der Waals surface area contributed by atoms with E-state index in [0.29, 0.717) is 32.1 Å². The summed E-state index contributed by atoms with van der Waals surface area (Å²) in [6, 6.07) is 6.28. The summed E-state index contributed by atoms with van der Waals surface area (Å²) in [5.41, 5.74) is 1.28. The predicted octanol–water partition coefficient (Wildman–Crippen LogP) is 3.84. The SMILES string of the molecule is CC(C)(C)OC(=O)N1CCN(c2ncc(C=Cc3ccc(F)cc3)cn2)CC1. The van der Waals surface area contributed by atoms with Gasteiger partial charge in [0.1, 0.15) is 11.4 Å². The Hall–Kier alpha value is -2.96. The molecule has 0 spiro atoms. The first kappa shape index (κ1) is 19.8. The van der Waals surface area contributed by atoms with Crippen LogP contribution in [0.4, 0.5) is 15.1 Å². The van der Waals surface area contributed by atoms with Crippen molar-refractivity contribution in [3.8, 4) is 0 Å². The van der Waals surface area contributed by atoms with Gasteiger partial charge in [0.2, 0.25) is 5.95 Å². The molecule has 7 heteroatoms. The molecule has 1 aliphatic heterocycles. The molecular formula is C21H25FN4O2. The first-order valence-electron chi connectivity index (χ1n) is 9.29. The van der Waals surface area contributed by atoms with Crippen LogP contribution in [0.25, 0.3) is 12.2 Å². The normalized spacial score (nSPS) is 15.1. The lowest BCUT2D eigenvalue weighted by atomic mass is 10.2. The van der Waals surface area contributed by atoms with Gasteiger partial charge in [-0.05, 0) is 38.5 Å². The number of amides is 1. The van der Waals surface area contributed by atoms with Crippen LogP contribution in [0.15, 0.2) is 36.7 Å². The third-order valence-corrected chi connectivity index (χ3v) is 4.21. The summed E-state index contributed by atoms with van der Waals surface area (Å²) in [6.07, 6.45) is 6.99. The molecule has 1 aliphatic rings.